The van der Waals surface area contributed by atoms with E-state index < -0.39 is 11.6 Å². The molecule has 0 aliphatic carbocycles. The molecule has 4 N–H and O–H groups in total. The number of benzene rings is 5. The number of rotatable bonds is 13. The molecule has 2 amide bonds. The van der Waals surface area contributed by atoms with Crippen molar-refractivity contribution in [2.75, 3.05) is 16.8 Å². The highest BCUT2D eigenvalue weighted by molar-refractivity contribution is 5.98. The fourth-order valence-corrected chi connectivity index (χ4v) is 7.67. The number of fused-ring (bicyclic) bond motifs is 2. The molecule has 9 aromatic rings. The number of hydrogen-bond donors (Lipinski definition) is 3. The van der Waals surface area contributed by atoms with Gasteiger partial charge in [0.15, 0.2) is 17.3 Å². The SMILES string of the molecule is CN/C(=C\N)c1ccc(N(Cc2cccc(F)c2F)C(=O)Cc2nnc3ccccn23)cc1.Cc1ccc(F)cc1CN(C(=O)Cc1cncc2ccccc12)c1ccc(-c2cnc[nH]2)cc1. The number of amides is 2. The predicted molar refractivity (Wildman–Crippen MR) is 254 cm³/mol. The largest absolute Gasteiger partial charge is 0.403 e. The summed E-state index contributed by atoms with van der Waals surface area (Å²) in [5.41, 5.74) is 13.5. The maximum Gasteiger partial charge on any atom is 0.234 e. The maximum atomic E-state index is 14.4. The number of nitrogens with one attached hydrogen (secondary N) is 2. The molecule has 0 radical (unpaired) electrons. The number of halogens is 3. The van der Waals surface area contributed by atoms with Crippen LogP contribution in [0.15, 0.2) is 165 Å². The number of H-pyrrole nitrogens is 1. The number of nitrogens with zero attached hydrogens (tertiary/aromatic N) is 7. The Bertz CT molecular complexity index is 3190. The number of carbonyl (C=O) groups excluding carboxylic acids is 2. The molecular weight excluding hydrogens is 854 g/mol. The van der Waals surface area contributed by atoms with E-state index in [0.717, 1.165) is 56.0 Å². The molecule has 0 spiro atoms. The molecule has 9 rings (SSSR count). The first kappa shape index (κ1) is 45.0. The molecule has 67 heavy (non-hydrogen) atoms. The summed E-state index contributed by atoms with van der Waals surface area (Å²) in [6.07, 6.45) is 10.2. The zero-order valence-corrected chi connectivity index (χ0v) is 36.6. The van der Waals surface area contributed by atoms with Gasteiger partial charge in [-0.25, -0.2) is 18.2 Å². The van der Waals surface area contributed by atoms with Crippen molar-refractivity contribution in [3.05, 3.63) is 216 Å². The summed E-state index contributed by atoms with van der Waals surface area (Å²) >= 11 is 0. The van der Waals surface area contributed by atoms with Crippen LogP contribution >= 0.6 is 0 Å². The average molecular weight is 899 g/mol. The Hall–Kier alpha value is -8.59. The minimum atomic E-state index is -0.983. The van der Waals surface area contributed by atoms with Crippen LogP contribution in [0.2, 0.25) is 0 Å². The van der Waals surface area contributed by atoms with Crippen LogP contribution < -0.4 is 20.9 Å². The van der Waals surface area contributed by atoms with Crippen molar-refractivity contribution in [3.63, 3.8) is 0 Å². The van der Waals surface area contributed by atoms with Gasteiger partial charge in [0.05, 0.1) is 49.8 Å². The zero-order valence-electron chi connectivity index (χ0n) is 36.6. The lowest BCUT2D eigenvalue weighted by Gasteiger charge is -2.24. The van der Waals surface area contributed by atoms with E-state index in [1.54, 1.807) is 83.9 Å². The summed E-state index contributed by atoms with van der Waals surface area (Å²) in [7, 11) is 1.75. The van der Waals surface area contributed by atoms with Crippen molar-refractivity contribution in [2.24, 2.45) is 5.73 Å². The van der Waals surface area contributed by atoms with E-state index in [4.69, 9.17) is 5.73 Å². The molecule has 5 aromatic carbocycles. The molecule has 0 unspecified atom stereocenters. The summed E-state index contributed by atoms with van der Waals surface area (Å²) in [5.74, 6) is -2.25. The number of nitrogens with two attached hydrogens (primary N) is 1. The monoisotopic (exact) mass is 898 g/mol. The van der Waals surface area contributed by atoms with Crippen molar-refractivity contribution in [3.8, 4) is 11.3 Å². The lowest BCUT2D eigenvalue weighted by Crippen LogP contribution is -2.32. The third kappa shape index (κ3) is 10.4. The lowest BCUT2D eigenvalue weighted by atomic mass is 10.0. The number of carbonyl (C=O) groups is 2. The molecule has 12 nitrogen and oxygen atoms in total. The van der Waals surface area contributed by atoms with Crippen molar-refractivity contribution in [2.45, 2.75) is 32.9 Å². The number of aromatic amines is 1. The number of hydrogen-bond acceptors (Lipinski definition) is 8. The Morgan fingerprint density at radius 1 is 0.731 bits per heavy atom. The van der Waals surface area contributed by atoms with E-state index in [-0.39, 0.29) is 49.1 Å². The lowest BCUT2D eigenvalue weighted by molar-refractivity contribution is -0.119. The highest BCUT2D eigenvalue weighted by Crippen LogP contribution is 2.27. The Balaban J connectivity index is 0.000000182. The van der Waals surface area contributed by atoms with Crippen LogP contribution in [0.1, 0.15) is 33.6 Å². The van der Waals surface area contributed by atoms with Crippen molar-refractivity contribution >= 4 is 45.3 Å². The van der Waals surface area contributed by atoms with Crippen molar-refractivity contribution in [1.29, 1.82) is 0 Å². The Morgan fingerprint density at radius 2 is 1.45 bits per heavy atom. The summed E-state index contributed by atoms with van der Waals surface area (Å²) < 4.78 is 44.0. The maximum absolute atomic E-state index is 14.4. The molecule has 0 saturated heterocycles. The van der Waals surface area contributed by atoms with Crippen molar-refractivity contribution in [1.82, 2.24) is 34.9 Å². The van der Waals surface area contributed by atoms with Crippen LogP contribution in [-0.4, -0.2) is 48.4 Å². The molecule has 0 atom stereocenters. The Kier molecular flexibility index (Phi) is 13.8. The molecule has 0 aliphatic heterocycles. The smallest absolute Gasteiger partial charge is 0.234 e. The highest BCUT2D eigenvalue weighted by atomic mass is 19.2. The third-order valence-electron chi connectivity index (χ3n) is 11.3. The van der Waals surface area contributed by atoms with Gasteiger partial charge >= 0.3 is 0 Å². The number of imidazole rings is 1. The molecule has 15 heteroatoms. The van der Waals surface area contributed by atoms with E-state index in [1.807, 2.05) is 67.6 Å². The predicted octanol–water partition coefficient (Wildman–Crippen LogP) is 9.11. The van der Waals surface area contributed by atoms with Gasteiger partial charge in [-0.3, -0.25) is 19.0 Å². The first-order chi connectivity index (χ1) is 32.6. The van der Waals surface area contributed by atoms with Crippen LogP contribution in [0.25, 0.3) is 33.4 Å². The normalized spacial score (nSPS) is 11.3. The topological polar surface area (TPSA) is 150 Å². The van der Waals surface area contributed by atoms with E-state index in [9.17, 15) is 22.8 Å². The number of aromatic nitrogens is 6. The molecule has 336 valence electrons. The van der Waals surface area contributed by atoms with Crippen LogP contribution in [-0.2, 0) is 35.5 Å². The van der Waals surface area contributed by atoms with E-state index in [0.29, 0.717) is 22.9 Å². The minimum absolute atomic E-state index is 0.0660. The number of pyridine rings is 2. The number of aryl methyl sites for hydroxylation is 1. The third-order valence-corrected chi connectivity index (χ3v) is 11.3. The Labute approximate surface area is 384 Å². The molecular formula is C52H45F3N10O2. The minimum Gasteiger partial charge on any atom is -0.403 e. The fourth-order valence-electron chi connectivity index (χ4n) is 7.67. The van der Waals surface area contributed by atoms with E-state index in [2.05, 4.69) is 30.5 Å². The second-order valence-electron chi connectivity index (χ2n) is 15.6. The number of anilines is 2. The fraction of sp³-hybridized carbons (Fsp3) is 0.115. The molecule has 4 aromatic heterocycles. The van der Waals surface area contributed by atoms with Gasteiger partial charge in [-0.05, 0) is 94.7 Å². The van der Waals surface area contributed by atoms with Gasteiger partial charge in [-0.15, -0.1) is 10.2 Å². The van der Waals surface area contributed by atoms with E-state index in [1.165, 1.54) is 35.4 Å². The molecule has 4 heterocycles. The van der Waals surface area contributed by atoms with Gasteiger partial charge < -0.3 is 25.8 Å². The molecule has 0 fully saturated rings. The zero-order chi connectivity index (χ0) is 46.9. The standard InChI is InChI=1S/C28H23FN4O.C24H22F2N6O/c1-19-6-9-24(29)12-23(19)17-33(25-10-7-20(8-11-25)27-16-31-18-32-27)28(34)13-22-15-30-14-21-4-2-3-5-26(21)22;1-28-20(14-27)16-8-10-18(11-9-16)32(15-17-5-4-6-19(25)24(17)26)23(33)13-22-30-29-21-7-2-3-12-31(21)22/h2-12,14-16,18H,13,17H2,1H3,(H,31,32);2-12,14,28H,13,15,27H2,1H3/b;20-14-. The average Bonchev–Trinajstić information content (AvgIpc) is 4.05. The van der Waals surface area contributed by atoms with Crippen LogP contribution in [0, 0.1) is 24.4 Å². The quantitative estimate of drug-likeness (QED) is 0.104. The van der Waals surface area contributed by atoms with Crippen LogP contribution in [0.5, 0.6) is 0 Å². The van der Waals surface area contributed by atoms with Gasteiger partial charge in [-0.2, -0.15) is 0 Å². The molecule has 0 saturated carbocycles. The van der Waals surface area contributed by atoms with Gasteiger partial charge in [-0.1, -0.05) is 72.8 Å². The van der Waals surface area contributed by atoms with Crippen LogP contribution in [0.3, 0.4) is 0 Å². The van der Waals surface area contributed by atoms with Gasteiger partial charge in [0.1, 0.15) is 11.6 Å². The second-order valence-corrected chi connectivity index (χ2v) is 15.6. The summed E-state index contributed by atoms with van der Waals surface area (Å²) in [6.45, 7) is 2.04. The van der Waals surface area contributed by atoms with Crippen LogP contribution in [0.4, 0.5) is 24.5 Å². The first-order valence-corrected chi connectivity index (χ1v) is 21.3. The van der Waals surface area contributed by atoms with Crippen molar-refractivity contribution < 1.29 is 22.8 Å². The second kappa shape index (κ2) is 20.5. The summed E-state index contributed by atoms with van der Waals surface area (Å²) in [5, 5.41) is 13.2. The summed E-state index contributed by atoms with van der Waals surface area (Å²) in [6, 6.07) is 36.6. The van der Waals surface area contributed by atoms with Gasteiger partial charge in [0, 0.05) is 54.2 Å². The Morgan fingerprint density at radius 3 is 2.18 bits per heavy atom. The van der Waals surface area contributed by atoms with E-state index >= 15 is 0 Å². The highest BCUT2D eigenvalue weighted by Gasteiger charge is 2.23. The van der Waals surface area contributed by atoms with Gasteiger partial charge in [0.25, 0.3) is 0 Å². The molecule has 0 bridgehead atoms. The molecule has 0 aliphatic rings. The first-order valence-electron chi connectivity index (χ1n) is 21.3. The van der Waals surface area contributed by atoms with Gasteiger partial charge in [0.2, 0.25) is 11.8 Å². The summed E-state index contributed by atoms with van der Waals surface area (Å²) in [4.78, 5) is 41.6.